The Bertz CT molecular complexity index is 472. The minimum Gasteiger partial charge on any atom is -0.696 e. The van der Waals surface area contributed by atoms with Crippen LogP contribution < -0.4 is 0 Å². The van der Waals surface area contributed by atoms with Crippen molar-refractivity contribution in [1.82, 2.24) is 0 Å². The van der Waals surface area contributed by atoms with Gasteiger partial charge in [-0.1, -0.05) is 81.9 Å². The fourth-order valence-corrected chi connectivity index (χ4v) is 3.69. The molecule has 2 aliphatic heterocycles. The summed E-state index contributed by atoms with van der Waals surface area (Å²) in [5, 5.41) is 25.4. The van der Waals surface area contributed by atoms with E-state index in [4.69, 9.17) is 10.5 Å². The summed E-state index contributed by atoms with van der Waals surface area (Å²) in [7, 11) is 0. The van der Waals surface area contributed by atoms with Gasteiger partial charge < -0.3 is 35.9 Å². The molecule has 1 fully saturated rings. The Morgan fingerprint density at radius 2 is 1.48 bits per heavy atom. The molecule has 0 aliphatic carbocycles. The molecule has 162 valence electrons. The second-order valence-corrected chi connectivity index (χ2v) is 7.03. The van der Waals surface area contributed by atoms with Crippen molar-refractivity contribution in [3.8, 4) is 10.8 Å². The summed E-state index contributed by atoms with van der Waals surface area (Å²) in [5.41, 5.74) is 1.48. The fraction of sp³-hybridized carbons (Fsp3) is 0.727. The summed E-state index contributed by atoms with van der Waals surface area (Å²) in [6.07, 6.45) is 14.2. The molecular formula is C22H36CdN4S2-4. The Morgan fingerprint density at radius 3 is 1.83 bits per heavy atom. The average molecular weight is 533 g/mol. The van der Waals surface area contributed by atoms with E-state index >= 15 is 0 Å². The van der Waals surface area contributed by atoms with E-state index < -0.39 is 0 Å². The van der Waals surface area contributed by atoms with Crippen LogP contribution in [0.5, 0.6) is 0 Å². The number of piperidine rings is 1. The number of hydrogen-bond acceptors (Lipinski definition) is 4. The van der Waals surface area contributed by atoms with Crippen LogP contribution in [-0.2, 0) is 52.6 Å². The Morgan fingerprint density at radius 1 is 1.00 bits per heavy atom. The van der Waals surface area contributed by atoms with E-state index in [2.05, 4.69) is 75.7 Å². The van der Waals surface area contributed by atoms with Crippen molar-refractivity contribution in [3.05, 3.63) is 34.6 Å². The molecule has 1 saturated heterocycles. The summed E-state index contributed by atoms with van der Waals surface area (Å²) < 4.78 is 0. The van der Waals surface area contributed by atoms with E-state index in [0.29, 0.717) is 0 Å². The third-order valence-electron chi connectivity index (χ3n) is 5.29. The first-order valence-electron chi connectivity index (χ1n) is 10.3. The van der Waals surface area contributed by atoms with Crippen LogP contribution >= 0.6 is 0 Å². The van der Waals surface area contributed by atoms with Crippen LogP contribution in [0.1, 0.15) is 66.2 Å². The molecule has 0 aromatic carbocycles. The van der Waals surface area contributed by atoms with Crippen molar-refractivity contribution < 1.29 is 27.3 Å². The number of allylic oxidation sites excluding steroid dienone is 2. The smallest absolute Gasteiger partial charge is 0 e. The summed E-state index contributed by atoms with van der Waals surface area (Å²) in [5.74, 6) is 2.72. The standard InChI is InChI=1S/C10H20N.C10H16N.2CHNS.Cd/c2*1-3-9(4-2)10-5-7-11-8-6-10;2*2-1-3;/h9-10H,3-8H2,1-2H3;5-7,9H,3-4,8H2,1-2H3;2*3H;/q2*-1;;;/p-2. The first kappa shape index (κ1) is 33.2. The van der Waals surface area contributed by atoms with Crippen LogP contribution in [0.25, 0.3) is 10.6 Å². The number of rotatable bonds is 6. The van der Waals surface area contributed by atoms with E-state index in [9.17, 15) is 0 Å². The molecule has 0 radical (unpaired) electrons. The largest absolute Gasteiger partial charge is 0.696 e. The van der Waals surface area contributed by atoms with E-state index in [1.807, 2.05) is 6.20 Å². The van der Waals surface area contributed by atoms with E-state index in [1.165, 1.54) is 54.9 Å². The molecule has 0 N–H and O–H groups in total. The van der Waals surface area contributed by atoms with Gasteiger partial charge in [-0.25, -0.2) is 10.5 Å². The molecule has 29 heavy (non-hydrogen) atoms. The molecule has 0 unspecified atom stereocenters. The maximum absolute atomic E-state index is 7.13. The van der Waals surface area contributed by atoms with Gasteiger partial charge in [0, 0.05) is 27.3 Å². The fourth-order valence-electron chi connectivity index (χ4n) is 3.69. The number of nitrogens with zero attached hydrogens (tertiary/aromatic N) is 4. The van der Waals surface area contributed by atoms with Gasteiger partial charge in [0.2, 0.25) is 0 Å². The van der Waals surface area contributed by atoms with Crippen molar-refractivity contribution in [3.63, 3.8) is 0 Å². The van der Waals surface area contributed by atoms with Crippen molar-refractivity contribution in [2.45, 2.75) is 66.2 Å². The second kappa shape index (κ2) is 25.6. The molecule has 0 atom stereocenters. The molecule has 0 aromatic rings. The molecule has 0 aromatic heterocycles. The minimum atomic E-state index is 0. The van der Waals surface area contributed by atoms with Crippen LogP contribution in [0.15, 0.2) is 23.9 Å². The van der Waals surface area contributed by atoms with Crippen molar-refractivity contribution in [2.24, 2.45) is 17.8 Å². The Balaban J connectivity index is -0.000000358. The van der Waals surface area contributed by atoms with Gasteiger partial charge in [0.25, 0.3) is 0 Å². The van der Waals surface area contributed by atoms with Crippen molar-refractivity contribution >= 4 is 25.3 Å². The maximum Gasteiger partial charge on any atom is 0 e. The summed E-state index contributed by atoms with van der Waals surface area (Å²) in [6.45, 7) is 12.3. The molecule has 0 bridgehead atoms. The van der Waals surface area contributed by atoms with Crippen LogP contribution in [0.2, 0.25) is 0 Å². The molecule has 0 saturated carbocycles. The third kappa shape index (κ3) is 18.1. The van der Waals surface area contributed by atoms with Gasteiger partial charge in [-0.15, -0.1) is 19.6 Å². The summed E-state index contributed by atoms with van der Waals surface area (Å²) in [4.78, 5) is 0. The zero-order valence-corrected chi connectivity index (χ0v) is 24.3. The van der Waals surface area contributed by atoms with E-state index in [0.717, 1.165) is 37.4 Å². The normalized spacial score (nSPS) is 14.7. The van der Waals surface area contributed by atoms with Crippen LogP contribution in [-0.4, -0.2) is 19.6 Å². The van der Waals surface area contributed by atoms with Gasteiger partial charge >= 0.3 is 0 Å². The van der Waals surface area contributed by atoms with Crippen molar-refractivity contribution in [2.75, 3.05) is 19.6 Å². The zero-order valence-electron chi connectivity index (χ0n) is 18.6. The van der Waals surface area contributed by atoms with Crippen LogP contribution in [0.3, 0.4) is 0 Å². The van der Waals surface area contributed by atoms with Crippen molar-refractivity contribution in [1.29, 1.82) is 10.5 Å². The molecule has 2 rings (SSSR count). The molecule has 7 heteroatoms. The number of nitriles is 2. The van der Waals surface area contributed by atoms with Gasteiger partial charge in [0.15, 0.2) is 0 Å². The number of hydrogen-bond donors (Lipinski definition) is 0. The summed E-state index contributed by atoms with van der Waals surface area (Å²) in [6, 6.07) is 0. The zero-order chi connectivity index (χ0) is 21.6. The molecule has 4 nitrogen and oxygen atoms in total. The third-order valence-corrected chi connectivity index (χ3v) is 5.29. The first-order valence-corrected chi connectivity index (χ1v) is 11.1. The molecule has 2 heterocycles. The van der Waals surface area contributed by atoms with Gasteiger partial charge in [-0.3, -0.25) is 0 Å². The quantitative estimate of drug-likeness (QED) is 0.223. The molecule has 0 amide bonds. The molecule has 0 spiro atoms. The van der Waals surface area contributed by atoms with E-state index in [-0.39, 0.29) is 27.3 Å². The predicted molar refractivity (Wildman–Crippen MR) is 125 cm³/mol. The van der Waals surface area contributed by atoms with Gasteiger partial charge in [0.1, 0.15) is 0 Å². The molecular weight excluding hydrogens is 497 g/mol. The average Bonchev–Trinajstić information content (AvgIpc) is 2.73. The Kier molecular flexibility index (Phi) is 29.4. The summed E-state index contributed by atoms with van der Waals surface area (Å²) >= 11 is 7.40. The van der Waals surface area contributed by atoms with Gasteiger partial charge in [0.05, 0.1) is 0 Å². The first-order chi connectivity index (χ1) is 13.6. The van der Waals surface area contributed by atoms with Crippen LogP contribution in [0, 0.1) is 39.1 Å². The monoisotopic (exact) mass is 534 g/mol. The number of thiocyanates is 2. The molecule has 2 aliphatic rings. The maximum atomic E-state index is 7.13. The second-order valence-electron chi connectivity index (χ2n) is 6.67. The Hall–Kier alpha value is -0.418. The topological polar surface area (TPSA) is 75.8 Å². The Labute approximate surface area is 211 Å². The van der Waals surface area contributed by atoms with Gasteiger partial charge in [-0.05, 0) is 30.6 Å². The minimum absolute atomic E-state index is 0. The predicted octanol–water partition coefficient (Wildman–Crippen LogP) is 6.48. The van der Waals surface area contributed by atoms with E-state index in [1.54, 1.807) is 0 Å². The SMILES string of the molecule is CCC(CC)C1=CC[N-]C=C1.CCC(CC)C1CC[N-]CC1.N#C[S-].N#C[S-].[Cd]. The van der Waals surface area contributed by atoms with Crippen LogP contribution in [0.4, 0.5) is 0 Å². The van der Waals surface area contributed by atoms with Gasteiger partial charge in [-0.2, -0.15) is 6.20 Å².